The second-order valence-corrected chi connectivity index (χ2v) is 11.8. The number of ether oxygens (including phenoxy) is 1. The van der Waals surface area contributed by atoms with E-state index in [4.69, 9.17) is 39.5 Å². The summed E-state index contributed by atoms with van der Waals surface area (Å²) in [5.74, 6) is -0.419. The van der Waals surface area contributed by atoms with Crippen LogP contribution in [0.1, 0.15) is 26.3 Å². The molecule has 0 aliphatic heterocycles. The van der Waals surface area contributed by atoms with Crippen LogP contribution in [0.3, 0.4) is 0 Å². The van der Waals surface area contributed by atoms with Crippen LogP contribution in [-0.4, -0.2) is 57.6 Å². The number of hydrogen-bond acceptors (Lipinski definition) is 5. The maximum atomic E-state index is 13.6. The van der Waals surface area contributed by atoms with Gasteiger partial charge in [-0.2, -0.15) is 0 Å². The van der Waals surface area contributed by atoms with Crippen molar-refractivity contribution in [2.45, 2.75) is 33.4 Å². The van der Waals surface area contributed by atoms with Gasteiger partial charge in [-0.25, -0.2) is 8.42 Å². The maximum Gasteiger partial charge on any atom is 0.244 e. The smallest absolute Gasteiger partial charge is 0.244 e. The third-order valence-corrected chi connectivity index (χ3v) is 7.33. The number of amides is 2. The number of methoxy groups -OCH3 is 1. The van der Waals surface area contributed by atoms with E-state index in [1.54, 1.807) is 19.1 Å². The Morgan fingerprint density at radius 3 is 2.22 bits per heavy atom. The number of anilines is 1. The minimum absolute atomic E-state index is 0.0356. The Kier molecular flexibility index (Phi) is 10.7. The van der Waals surface area contributed by atoms with E-state index in [9.17, 15) is 18.0 Å². The van der Waals surface area contributed by atoms with E-state index in [2.05, 4.69) is 5.32 Å². The highest BCUT2D eigenvalue weighted by Gasteiger charge is 2.30. The van der Waals surface area contributed by atoms with E-state index in [-0.39, 0.29) is 29.1 Å². The molecule has 0 radical (unpaired) electrons. The van der Waals surface area contributed by atoms with Crippen molar-refractivity contribution in [1.29, 1.82) is 0 Å². The fourth-order valence-electron chi connectivity index (χ4n) is 3.29. The zero-order chi connectivity index (χ0) is 27.2. The zero-order valence-corrected chi connectivity index (χ0v) is 23.8. The quantitative estimate of drug-likeness (QED) is 0.420. The fourth-order valence-corrected chi connectivity index (χ4v) is 4.85. The van der Waals surface area contributed by atoms with Gasteiger partial charge in [0.25, 0.3) is 0 Å². The molecule has 2 amide bonds. The van der Waals surface area contributed by atoms with Crippen molar-refractivity contribution in [1.82, 2.24) is 10.2 Å². The van der Waals surface area contributed by atoms with Gasteiger partial charge in [-0.15, -0.1) is 0 Å². The lowest BCUT2D eigenvalue weighted by Crippen LogP contribution is -2.51. The molecular weight excluding hydrogens is 549 g/mol. The van der Waals surface area contributed by atoms with Crippen molar-refractivity contribution in [2.24, 2.45) is 5.92 Å². The first-order valence-corrected chi connectivity index (χ1v) is 14.0. The predicted octanol–water partition coefficient (Wildman–Crippen LogP) is 4.61. The summed E-state index contributed by atoms with van der Waals surface area (Å²) in [6, 6.07) is 8.29. The van der Waals surface area contributed by atoms with Gasteiger partial charge in [0.05, 0.1) is 24.1 Å². The molecule has 0 fully saturated rings. The Bertz CT molecular complexity index is 1210. The molecule has 0 spiro atoms. The Hall–Kier alpha value is -2.20. The SMILES string of the molecule is COc1ccc(N(CC(=O)N(Cc2ccc(Cl)cc2Cl)[C@H](C)C(=O)NCC(C)C)S(C)(=O)=O)cc1Cl. The summed E-state index contributed by atoms with van der Waals surface area (Å²) in [5.41, 5.74) is 0.731. The molecule has 0 aromatic heterocycles. The number of carbonyl (C=O) groups excluding carboxylic acids is 2. The minimum atomic E-state index is -3.89. The number of halogens is 3. The van der Waals surface area contributed by atoms with Gasteiger partial charge < -0.3 is 15.0 Å². The molecule has 0 aliphatic rings. The van der Waals surface area contributed by atoms with Gasteiger partial charge in [-0.05, 0) is 48.7 Å². The van der Waals surface area contributed by atoms with Gasteiger partial charge in [0.2, 0.25) is 21.8 Å². The summed E-state index contributed by atoms with van der Waals surface area (Å²) in [6.07, 6.45) is 0.984. The van der Waals surface area contributed by atoms with Crippen LogP contribution in [0.25, 0.3) is 0 Å². The van der Waals surface area contributed by atoms with Gasteiger partial charge in [0, 0.05) is 23.1 Å². The maximum absolute atomic E-state index is 13.6. The molecule has 0 aliphatic carbocycles. The third kappa shape index (κ3) is 8.16. The van der Waals surface area contributed by atoms with Crippen molar-refractivity contribution < 1.29 is 22.7 Å². The summed E-state index contributed by atoms with van der Waals surface area (Å²) in [4.78, 5) is 27.7. The van der Waals surface area contributed by atoms with Crippen molar-refractivity contribution in [3.8, 4) is 5.75 Å². The fraction of sp³-hybridized carbons (Fsp3) is 0.417. The molecule has 8 nitrogen and oxygen atoms in total. The number of sulfonamides is 1. The lowest BCUT2D eigenvalue weighted by Gasteiger charge is -2.32. The highest BCUT2D eigenvalue weighted by molar-refractivity contribution is 7.92. The topological polar surface area (TPSA) is 96.0 Å². The van der Waals surface area contributed by atoms with Crippen molar-refractivity contribution in [3.63, 3.8) is 0 Å². The van der Waals surface area contributed by atoms with Crippen LogP contribution in [0.5, 0.6) is 5.75 Å². The van der Waals surface area contributed by atoms with Crippen LogP contribution >= 0.6 is 34.8 Å². The summed E-state index contributed by atoms with van der Waals surface area (Å²) in [7, 11) is -2.46. The largest absolute Gasteiger partial charge is 0.495 e. The molecule has 0 unspecified atom stereocenters. The second kappa shape index (κ2) is 12.9. The molecule has 1 N–H and O–H groups in total. The number of rotatable bonds is 11. The van der Waals surface area contributed by atoms with Crippen LogP contribution in [0.2, 0.25) is 15.1 Å². The molecule has 2 aromatic carbocycles. The van der Waals surface area contributed by atoms with Gasteiger partial charge >= 0.3 is 0 Å². The van der Waals surface area contributed by atoms with Crippen molar-refractivity contribution >= 4 is 62.3 Å². The average Bonchev–Trinajstić information content (AvgIpc) is 2.79. The van der Waals surface area contributed by atoms with E-state index in [1.807, 2.05) is 13.8 Å². The standard InChI is InChI=1S/C24H30Cl3N3O5S/c1-15(2)12-28-24(32)16(3)29(13-17-6-7-18(25)10-20(17)26)23(31)14-30(36(5,33)34)19-8-9-22(35-4)21(27)11-19/h6-11,15-16H,12-14H2,1-5H3,(H,28,32)/t16-/m1/s1. The van der Waals surface area contributed by atoms with E-state index in [1.165, 1.54) is 36.3 Å². The van der Waals surface area contributed by atoms with E-state index >= 15 is 0 Å². The first kappa shape index (κ1) is 30.0. The van der Waals surface area contributed by atoms with E-state index in [0.717, 1.165) is 10.6 Å². The van der Waals surface area contributed by atoms with Crippen molar-refractivity contribution in [2.75, 3.05) is 30.8 Å². The third-order valence-electron chi connectivity index (χ3n) is 5.31. The Morgan fingerprint density at radius 2 is 1.69 bits per heavy atom. The number of carbonyl (C=O) groups is 2. The lowest BCUT2D eigenvalue weighted by molar-refractivity contribution is -0.139. The van der Waals surface area contributed by atoms with Crippen LogP contribution in [0, 0.1) is 5.92 Å². The van der Waals surface area contributed by atoms with Gasteiger partial charge in [0.15, 0.2) is 0 Å². The molecular formula is C24H30Cl3N3O5S. The number of nitrogens with zero attached hydrogens (tertiary/aromatic N) is 2. The van der Waals surface area contributed by atoms with E-state index < -0.39 is 28.5 Å². The van der Waals surface area contributed by atoms with Crippen LogP contribution < -0.4 is 14.4 Å². The van der Waals surface area contributed by atoms with Gasteiger partial charge in [-0.3, -0.25) is 13.9 Å². The first-order chi connectivity index (χ1) is 16.7. The summed E-state index contributed by atoms with van der Waals surface area (Å²) in [6.45, 7) is 5.30. The predicted molar refractivity (Wildman–Crippen MR) is 145 cm³/mol. The summed E-state index contributed by atoms with van der Waals surface area (Å²) >= 11 is 18.5. The minimum Gasteiger partial charge on any atom is -0.495 e. The Labute approximate surface area is 227 Å². The molecule has 198 valence electrons. The summed E-state index contributed by atoms with van der Waals surface area (Å²) in [5, 5.41) is 3.73. The Balaban J connectivity index is 2.43. The molecule has 12 heteroatoms. The average molecular weight is 579 g/mol. The zero-order valence-electron chi connectivity index (χ0n) is 20.7. The molecule has 0 heterocycles. The molecule has 0 saturated heterocycles. The molecule has 36 heavy (non-hydrogen) atoms. The molecule has 1 atom stereocenters. The van der Waals surface area contributed by atoms with Crippen molar-refractivity contribution in [3.05, 3.63) is 57.0 Å². The molecule has 0 bridgehead atoms. The molecule has 2 aromatic rings. The highest BCUT2D eigenvalue weighted by Crippen LogP contribution is 2.30. The lowest BCUT2D eigenvalue weighted by atomic mass is 10.1. The Morgan fingerprint density at radius 1 is 1.03 bits per heavy atom. The molecule has 0 saturated carbocycles. The van der Waals surface area contributed by atoms with E-state index in [0.29, 0.717) is 27.9 Å². The van der Waals surface area contributed by atoms with Crippen LogP contribution in [-0.2, 0) is 26.2 Å². The van der Waals surface area contributed by atoms with Gasteiger partial charge in [0.1, 0.15) is 18.3 Å². The monoisotopic (exact) mass is 577 g/mol. The first-order valence-electron chi connectivity index (χ1n) is 11.1. The number of nitrogens with one attached hydrogen (secondary N) is 1. The van der Waals surface area contributed by atoms with Gasteiger partial charge in [-0.1, -0.05) is 54.7 Å². The highest BCUT2D eigenvalue weighted by atomic mass is 35.5. The van der Waals surface area contributed by atoms with Crippen LogP contribution in [0.15, 0.2) is 36.4 Å². The molecule has 2 rings (SSSR count). The second-order valence-electron chi connectivity index (χ2n) is 8.66. The number of hydrogen-bond donors (Lipinski definition) is 1. The normalized spacial score (nSPS) is 12.2. The summed E-state index contributed by atoms with van der Waals surface area (Å²) < 4.78 is 31.4. The number of benzene rings is 2. The van der Waals surface area contributed by atoms with Crippen LogP contribution in [0.4, 0.5) is 5.69 Å².